The van der Waals surface area contributed by atoms with Crippen LogP contribution < -0.4 is 0 Å². The lowest BCUT2D eigenvalue weighted by Crippen LogP contribution is -2.49. The summed E-state index contributed by atoms with van der Waals surface area (Å²) < 4.78 is 5.78. The number of hydrogen-bond donors (Lipinski definition) is 1. The summed E-state index contributed by atoms with van der Waals surface area (Å²) in [5.41, 5.74) is -0.0669. The first-order valence-corrected chi connectivity index (χ1v) is 8.22. The first-order valence-electron chi connectivity index (χ1n) is 8.22. The standard InChI is InChI=1S/C16H30N2O3/c1-16(2,3)21-12-11-17-9-6-13(7-10-17)18-8-4-5-14(18)15(19)20/h13-14H,4-12H2,1-3H3,(H,19,20). The van der Waals surface area contributed by atoms with Crippen LogP contribution in [0, 0.1) is 0 Å². The van der Waals surface area contributed by atoms with Crippen molar-refractivity contribution in [3.63, 3.8) is 0 Å². The summed E-state index contributed by atoms with van der Waals surface area (Å²) in [6, 6.07) is 0.208. The van der Waals surface area contributed by atoms with Crippen molar-refractivity contribution in [2.24, 2.45) is 0 Å². The Bertz CT molecular complexity index is 346. The van der Waals surface area contributed by atoms with E-state index < -0.39 is 5.97 Å². The van der Waals surface area contributed by atoms with Gasteiger partial charge in [-0.1, -0.05) is 0 Å². The van der Waals surface area contributed by atoms with Crippen LogP contribution in [0.5, 0.6) is 0 Å². The maximum absolute atomic E-state index is 11.3. The fraction of sp³-hybridized carbons (Fsp3) is 0.938. The summed E-state index contributed by atoms with van der Waals surface area (Å²) in [5.74, 6) is -0.645. The molecule has 0 saturated carbocycles. The van der Waals surface area contributed by atoms with E-state index in [1.165, 1.54) is 0 Å². The maximum atomic E-state index is 11.3. The molecule has 2 heterocycles. The van der Waals surface area contributed by atoms with Gasteiger partial charge in [0.15, 0.2) is 0 Å². The van der Waals surface area contributed by atoms with Gasteiger partial charge in [-0.3, -0.25) is 9.69 Å². The van der Waals surface area contributed by atoms with E-state index in [9.17, 15) is 9.90 Å². The molecule has 2 aliphatic rings. The summed E-state index contributed by atoms with van der Waals surface area (Å²) in [7, 11) is 0. The third-order valence-corrected chi connectivity index (χ3v) is 4.55. The zero-order valence-corrected chi connectivity index (χ0v) is 13.7. The van der Waals surface area contributed by atoms with Gasteiger partial charge in [-0.15, -0.1) is 0 Å². The highest BCUT2D eigenvalue weighted by atomic mass is 16.5. The maximum Gasteiger partial charge on any atom is 0.320 e. The van der Waals surface area contributed by atoms with Gasteiger partial charge in [0.2, 0.25) is 0 Å². The molecule has 0 spiro atoms. The SMILES string of the molecule is CC(C)(C)OCCN1CCC(N2CCCC2C(=O)O)CC1. The Labute approximate surface area is 128 Å². The molecule has 0 bridgehead atoms. The highest BCUT2D eigenvalue weighted by Gasteiger charge is 2.36. The van der Waals surface area contributed by atoms with Gasteiger partial charge in [0.1, 0.15) is 6.04 Å². The number of carboxylic acids is 1. The van der Waals surface area contributed by atoms with Crippen LogP contribution in [0.25, 0.3) is 0 Å². The normalized spacial score (nSPS) is 26.3. The highest BCUT2D eigenvalue weighted by Crippen LogP contribution is 2.26. The molecule has 0 aliphatic carbocycles. The van der Waals surface area contributed by atoms with Crippen molar-refractivity contribution >= 4 is 5.97 Å². The third-order valence-electron chi connectivity index (χ3n) is 4.55. The Hall–Kier alpha value is -0.650. The fourth-order valence-corrected chi connectivity index (χ4v) is 3.45. The smallest absolute Gasteiger partial charge is 0.320 e. The molecule has 1 N–H and O–H groups in total. The highest BCUT2D eigenvalue weighted by molar-refractivity contribution is 5.73. The second-order valence-corrected chi connectivity index (χ2v) is 7.27. The molecule has 1 atom stereocenters. The van der Waals surface area contributed by atoms with E-state index in [1.807, 2.05) is 0 Å². The molecule has 0 radical (unpaired) electrons. The van der Waals surface area contributed by atoms with Crippen molar-refractivity contribution in [2.45, 2.75) is 64.1 Å². The number of rotatable bonds is 5. The van der Waals surface area contributed by atoms with Gasteiger partial charge < -0.3 is 14.7 Å². The second-order valence-electron chi connectivity index (χ2n) is 7.27. The molecule has 2 fully saturated rings. The van der Waals surface area contributed by atoms with Crippen LogP contribution in [0.3, 0.4) is 0 Å². The van der Waals surface area contributed by atoms with E-state index >= 15 is 0 Å². The molecular formula is C16H30N2O3. The number of ether oxygens (including phenoxy) is 1. The van der Waals surface area contributed by atoms with Gasteiger partial charge in [0.05, 0.1) is 12.2 Å². The topological polar surface area (TPSA) is 53.0 Å². The number of nitrogens with zero attached hydrogens (tertiary/aromatic N) is 2. The van der Waals surface area contributed by atoms with Crippen LogP contribution in [0.15, 0.2) is 0 Å². The van der Waals surface area contributed by atoms with Crippen molar-refractivity contribution < 1.29 is 14.6 Å². The zero-order chi connectivity index (χ0) is 15.5. The molecule has 0 aromatic rings. The average Bonchev–Trinajstić information content (AvgIpc) is 2.87. The number of hydrogen-bond acceptors (Lipinski definition) is 4. The molecule has 0 aromatic carbocycles. The minimum Gasteiger partial charge on any atom is -0.480 e. The average molecular weight is 298 g/mol. The quantitative estimate of drug-likeness (QED) is 0.839. The number of carbonyl (C=O) groups is 1. The van der Waals surface area contributed by atoms with Crippen LogP contribution in [-0.4, -0.2) is 71.3 Å². The van der Waals surface area contributed by atoms with Crippen LogP contribution in [0.4, 0.5) is 0 Å². The molecule has 122 valence electrons. The Morgan fingerprint density at radius 2 is 1.86 bits per heavy atom. The van der Waals surface area contributed by atoms with Gasteiger partial charge in [0, 0.05) is 12.6 Å². The summed E-state index contributed by atoms with van der Waals surface area (Å²) in [6.07, 6.45) is 4.00. The lowest BCUT2D eigenvalue weighted by Gasteiger charge is -2.38. The van der Waals surface area contributed by atoms with Crippen LogP contribution in [0.2, 0.25) is 0 Å². The Morgan fingerprint density at radius 1 is 1.19 bits per heavy atom. The number of aliphatic carboxylic acids is 1. The van der Waals surface area contributed by atoms with Gasteiger partial charge in [-0.2, -0.15) is 0 Å². The van der Waals surface area contributed by atoms with Crippen molar-refractivity contribution in [1.29, 1.82) is 0 Å². The van der Waals surface area contributed by atoms with E-state index in [1.54, 1.807) is 0 Å². The molecule has 2 aliphatic heterocycles. The van der Waals surface area contributed by atoms with Gasteiger partial charge in [-0.25, -0.2) is 0 Å². The minimum atomic E-state index is -0.645. The van der Waals surface area contributed by atoms with Crippen molar-refractivity contribution in [3.8, 4) is 0 Å². The lowest BCUT2D eigenvalue weighted by atomic mass is 10.0. The summed E-state index contributed by atoms with van der Waals surface area (Å²) in [5, 5.41) is 9.29. The molecule has 0 amide bonds. The lowest BCUT2D eigenvalue weighted by molar-refractivity contribution is -0.143. The van der Waals surface area contributed by atoms with Crippen LogP contribution in [0.1, 0.15) is 46.5 Å². The van der Waals surface area contributed by atoms with E-state index in [0.717, 1.165) is 58.5 Å². The van der Waals surface area contributed by atoms with Crippen LogP contribution >= 0.6 is 0 Å². The Balaban J connectivity index is 1.72. The first-order chi connectivity index (χ1) is 9.87. The predicted octanol–water partition coefficient (Wildman–Crippen LogP) is 1.81. The molecule has 5 nitrogen and oxygen atoms in total. The molecule has 21 heavy (non-hydrogen) atoms. The largest absolute Gasteiger partial charge is 0.480 e. The van der Waals surface area contributed by atoms with Gasteiger partial charge in [0.25, 0.3) is 0 Å². The molecular weight excluding hydrogens is 268 g/mol. The van der Waals surface area contributed by atoms with Crippen LogP contribution in [-0.2, 0) is 9.53 Å². The monoisotopic (exact) mass is 298 g/mol. The Kier molecular flexibility index (Phi) is 5.63. The molecule has 0 aromatic heterocycles. The number of carboxylic acid groups (broad SMARTS) is 1. The predicted molar refractivity (Wildman–Crippen MR) is 82.5 cm³/mol. The second kappa shape index (κ2) is 7.07. The van der Waals surface area contributed by atoms with Gasteiger partial charge in [-0.05, 0) is 66.1 Å². The molecule has 5 heteroatoms. The molecule has 2 rings (SSSR count). The van der Waals surface area contributed by atoms with Crippen molar-refractivity contribution in [2.75, 3.05) is 32.8 Å². The summed E-state index contributed by atoms with van der Waals surface area (Å²) >= 11 is 0. The molecule has 1 unspecified atom stereocenters. The molecule has 2 saturated heterocycles. The van der Waals surface area contributed by atoms with E-state index in [2.05, 4.69) is 30.6 Å². The first kappa shape index (κ1) is 16.7. The summed E-state index contributed by atoms with van der Waals surface area (Å²) in [4.78, 5) is 16.0. The van der Waals surface area contributed by atoms with Crippen molar-refractivity contribution in [1.82, 2.24) is 9.80 Å². The number of likely N-dealkylation sites (tertiary alicyclic amines) is 2. The summed E-state index contributed by atoms with van der Waals surface area (Å²) in [6.45, 7) is 11.1. The fourth-order valence-electron chi connectivity index (χ4n) is 3.45. The number of piperidine rings is 1. The van der Waals surface area contributed by atoms with E-state index in [-0.39, 0.29) is 11.6 Å². The zero-order valence-electron chi connectivity index (χ0n) is 13.7. The Morgan fingerprint density at radius 3 is 2.43 bits per heavy atom. The van der Waals surface area contributed by atoms with Gasteiger partial charge >= 0.3 is 5.97 Å². The third kappa shape index (κ3) is 4.94. The van der Waals surface area contributed by atoms with Crippen molar-refractivity contribution in [3.05, 3.63) is 0 Å². The van der Waals surface area contributed by atoms with E-state index in [4.69, 9.17) is 4.74 Å². The minimum absolute atomic E-state index is 0.0669. The van der Waals surface area contributed by atoms with E-state index in [0.29, 0.717) is 6.04 Å².